The van der Waals surface area contributed by atoms with Crippen LogP contribution in [0, 0.1) is 5.82 Å². The van der Waals surface area contributed by atoms with Crippen molar-refractivity contribution >= 4 is 11.9 Å². The van der Waals surface area contributed by atoms with Crippen molar-refractivity contribution in [3.8, 4) is 5.75 Å². The molecule has 0 saturated carbocycles. The first kappa shape index (κ1) is 18.9. The first-order chi connectivity index (χ1) is 12.8. The van der Waals surface area contributed by atoms with E-state index in [4.69, 9.17) is 9.47 Å². The lowest BCUT2D eigenvalue weighted by Gasteiger charge is -2.39. The highest BCUT2D eigenvalue weighted by Gasteiger charge is 2.42. The van der Waals surface area contributed by atoms with E-state index in [1.165, 1.54) is 36.3 Å². The Morgan fingerprint density at radius 1 is 1.07 bits per heavy atom. The van der Waals surface area contributed by atoms with Gasteiger partial charge in [0, 0.05) is 13.0 Å². The molecule has 27 heavy (non-hydrogen) atoms. The van der Waals surface area contributed by atoms with Gasteiger partial charge in [-0.3, -0.25) is 4.79 Å². The topological polar surface area (TPSA) is 55.8 Å². The number of benzene rings is 2. The largest absolute Gasteiger partial charge is 0.478 e. The van der Waals surface area contributed by atoms with Crippen molar-refractivity contribution in [2.75, 3.05) is 7.11 Å². The molecule has 0 spiro atoms. The van der Waals surface area contributed by atoms with Crippen molar-refractivity contribution < 1.29 is 23.5 Å². The molecule has 0 N–H and O–H groups in total. The lowest BCUT2D eigenvalue weighted by molar-refractivity contribution is -0.160. The summed E-state index contributed by atoms with van der Waals surface area (Å²) in [5, 5.41) is 0. The summed E-state index contributed by atoms with van der Waals surface area (Å²) in [6.07, 6.45) is 0.390. The van der Waals surface area contributed by atoms with Gasteiger partial charge in [0.15, 0.2) is 5.60 Å². The SMILES string of the molecule is COC(=O)C1Cc2ccccc2CN1C(=O)C(C)(C)Oc1ccc(F)cc1. The van der Waals surface area contributed by atoms with Gasteiger partial charge < -0.3 is 14.4 Å². The fourth-order valence-corrected chi connectivity index (χ4v) is 3.27. The number of carbonyl (C=O) groups excluding carboxylic acids is 2. The Kier molecular flexibility index (Phi) is 5.17. The number of ether oxygens (including phenoxy) is 2. The molecule has 2 aromatic carbocycles. The van der Waals surface area contributed by atoms with Crippen LogP contribution >= 0.6 is 0 Å². The van der Waals surface area contributed by atoms with Crippen molar-refractivity contribution in [1.82, 2.24) is 4.90 Å². The predicted molar refractivity (Wildman–Crippen MR) is 97.6 cm³/mol. The standard InChI is InChI=1S/C21H22FNO4/c1-21(2,27-17-10-8-16(22)9-11-17)20(25)23-13-15-7-5-4-6-14(15)12-18(23)19(24)26-3/h4-11,18H,12-13H2,1-3H3. The molecule has 0 saturated heterocycles. The minimum absolute atomic E-state index is 0.297. The van der Waals surface area contributed by atoms with Crippen LogP contribution in [0.4, 0.5) is 4.39 Å². The Morgan fingerprint density at radius 3 is 2.33 bits per heavy atom. The Labute approximate surface area is 157 Å². The summed E-state index contributed by atoms with van der Waals surface area (Å²) < 4.78 is 23.8. The molecule has 0 radical (unpaired) electrons. The molecule has 1 aliphatic heterocycles. The molecule has 1 amide bonds. The zero-order valence-corrected chi connectivity index (χ0v) is 15.6. The van der Waals surface area contributed by atoms with Crippen LogP contribution in [-0.4, -0.2) is 35.5 Å². The second-order valence-electron chi connectivity index (χ2n) is 7.01. The van der Waals surface area contributed by atoms with Gasteiger partial charge in [-0.05, 0) is 49.2 Å². The fraction of sp³-hybridized carbons (Fsp3) is 0.333. The second-order valence-corrected chi connectivity index (χ2v) is 7.01. The number of hydrogen-bond acceptors (Lipinski definition) is 4. The van der Waals surface area contributed by atoms with Crippen molar-refractivity contribution in [2.24, 2.45) is 0 Å². The van der Waals surface area contributed by atoms with Crippen LogP contribution in [-0.2, 0) is 27.3 Å². The van der Waals surface area contributed by atoms with E-state index in [-0.39, 0.29) is 11.7 Å². The third kappa shape index (κ3) is 3.94. The summed E-state index contributed by atoms with van der Waals surface area (Å²) in [7, 11) is 1.31. The number of carbonyl (C=O) groups is 2. The van der Waals surface area contributed by atoms with Gasteiger partial charge in [0.1, 0.15) is 17.6 Å². The van der Waals surface area contributed by atoms with Crippen LogP contribution in [0.2, 0.25) is 0 Å². The molecule has 1 aliphatic rings. The molecule has 6 heteroatoms. The van der Waals surface area contributed by atoms with E-state index in [1.54, 1.807) is 13.8 Å². The molecular weight excluding hydrogens is 349 g/mol. The van der Waals surface area contributed by atoms with Crippen LogP contribution in [0.3, 0.4) is 0 Å². The highest BCUT2D eigenvalue weighted by atomic mass is 19.1. The van der Waals surface area contributed by atoms with E-state index < -0.39 is 17.6 Å². The average molecular weight is 371 g/mol. The molecule has 142 valence electrons. The lowest BCUT2D eigenvalue weighted by Crippen LogP contribution is -2.56. The molecule has 2 aromatic rings. The number of halogens is 1. The number of methoxy groups -OCH3 is 1. The third-order valence-electron chi connectivity index (χ3n) is 4.68. The molecular formula is C21H22FNO4. The van der Waals surface area contributed by atoms with Gasteiger partial charge >= 0.3 is 5.97 Å². The molecule has 0 fully saturated rings. The van der Waals surface area contributed by atoms with Crippen LogP contribution in [0.15, 0.2) is 48.5 Å². The van der Waals surface area contributed by atoms with E-state index >= 15 is 0 Å². The number of amides is 1. The number of fused-ring (bicyclic) bond motifs is 1. The zero-order valence-electron chi connectivity index (χ0n) is 15.6. The summed E-state index contributed by atoms with van der Waals surface area (Å²) in [5.41, 5.74) is 0.772. The minimum Gasteiger partial charge on any atom is -0.478 e. The molecule has 1 unspecified atom stereocenters. The summed E-state index contributed by atoms with van der Waals surface area (Å²) in [6, 6.07) is 12.5. The van der Waals surface area contributed by atoms with Crippen molar-refractivity contribution in [2.45, 2.75) is 38.5 Å². The smallest absolute Gasteiger partial charge is 0.328 e. The number of esters is 1. The second kappa shape index (κ2) is 7.39. The highest BCUT2D eigenvalue weighted by molar-refractivity contribution is 5.90. The molecule has 1 heterocycles. The zero-order chi connectivity index (χ0) is 19.6. The summed E-state index contributed by atoms with van der Waals surface area (Å²) >= 11 is 0. The average Bonchev–Trinajstić information content (AvgIpc) is 2.67. The van der Waals surface area contributed by atoms with Gasteiger partial charge in [0.25, 0.3) is 5.91 Å². The van der Waals surface area contributed by atoms with E-state index in [1.807, 2.05) is 24.3 Å². The van der Waals surface area contributed by atoms with E-state index in [0.29, 0.717) is 18.7 Å². The molecule has 0 bridgehead atoms. The summed E-state index contributed by atoms with van der Waals surface area (Å²) in [5.74, 6) is -0.807. The Morgan fingerprint density at radius 2 is 1.70 bits per heavy atom. The first-order valence-electron chi connectivity index (χ1n) is 8.72. The highest BCUT2D eigenvalue weighted by Crippen LogP contribution is 2.28. The van der Waals surface area contributed by atoms with Gasteiger partial charge in [-0.15, -0.1) is 0 Å². The Hall–Kier alpha value is -2.89. The molecule has 5 nitrogen and oxygen atoms in total. The summed E-state index contributed by atoms with van der Waals surface area (Å²) in [4.78, 5) is 27.1. The van der Waals surface area contributed by atoms with Crippen LogP contribution < -0.4 is 4.74 Å². The molecule has 1 atom stereocenters. The maximum Gasteiger partial charge on any atom is 0.328 e. The van der Waals surface area contributed by atoms with Gasteiger partial charge in [0.05, 0.1) is 7.11 Å². The van der Waals surface area contributed by atoms with Crippen molar-refractivity contribution in [3.05, 3.63) is 65.5 Å². The number of nitrogens with zero attached hydrogens (tertiary/aromatic N) is 1. The van der Waals surface area contributed by atoms with E-state index in [9.17, 15) is 14.0 Å². The maximum absolute atomic E-state index is 13.3. The Balaban J connectivity index is 1.87. The van der Waals surface area contributed by atoms with Crippen molar-refractivity contribution in [3.63, 3.8) is 0 Å². The van der Waals surface area contributed by atoms with E-state index in [0.717, 1.165) is 11.1 Å². The maximum atomic E-state index is 13.3. The molecule has 0 aliphatic carbocycles. The third-order valence-corrected chi connectivity index (χ3v) is 4.68. The fourth-order valence-electron chi connectivity index (χ4n) is 3.27. The van der Waals surface area contributed by atoms with Gasteiger partial charge in [-0.25, -0.2) is 9.18 Å². The van der Waals surface area contributed by atoms with Crippen LogP contribution in [0.5, 0.6) is 5.75 Å². The first-order valence-corrected chi connectivity index (χ1v) is 8.72. The lowest BCUT2D eigenvalue weighted by atomic mass is 9.92. The number of hydrogen-bond donors (Lipinski definition) is 0. The van der Waals surface area contributed by atoms with E-state index in [2.05, 4.69) is 0 Å². The van der Waals surface area contributed by atoms with Crippen LogP contribution in [0.1, 0.15) is 25.0 Å². The minimum atomic E-state index is -1.24. The van der Waals surface area contributed by atoms with Gasteiger partial charge in [0.2, 0.25) is 0 Å². The van der Waals surface area contributed by atoms with Crippen molar-refractivity contribution in [1.29, 1.82) is 0 Å². The predicted octanol–water partition coefficient (Wildman–Crippen LogP) is 3.11. The summed E-state index contributed by atoms with van der Waals surface area (Å²) in [6.45, 7) is 3.56. The van der Waals surface area contributed by atoms with Gasteiger partial charge in [-0.2, -0.15) is 0 Å². The Bertz CT molecular complexity index is 848. The number of rotatable bonds is 4. The quantitative estimate of drug-likeness (QED) is 0.775. The van der Waals surface area contributed by atoms with Crippen LogP contribution in [0.25, 0.3) is 0 Å². The van der Waals surface area contributed by atoms with Gasteiger partial charge in [-0.1, -0.05) is 24.3 Å². The molecule has 3 rings (SSSR count). The normalized spacial score (nSPS) is 16.4. The molecule has 0 aromatic heterocycles. The monoisotopic (exact) mass is 371 g/mol.